The Bertz CT molecular complexity index is 341. The first kappa shape index (κ1) is 10.5. The van der Waals surface area contributed by atoms with Crippen molar-refractivity contribution in [1.82, 2.24) is 4.98 Å². The van der Waals surface area contributed by atoms with Crippen molar-refractivity contribution in [2.75, 3.05) is 0 Å². The minimum absolute atomic E-state index is 0.892. The Balaban J connectivity index is 3.14. The van der Waals surface area contributed by atoms with Gasteiger partial charge in [-0.2, -0.15) is 18.4 Å². The zero-order chi connectivity index (χ0) is 10.8. The molecular formula is C7H5F3N2O2. The van der Waals surface area contributed by atoms with Crippen LogP contribution in [0.1, 0.15) is 12.3 Å². The lowest BCUT2D eigenvalue weighted by Gasteiger charge is -2.24. The number of nitriles is 1. The average Bonchev–Trinajstić information content (AvgIpc) is 2.54. The molecule has 0 spiro atoms. The number of hydrogen-bond donors (Lipinski definition) is 1. The first-order chi connectivity index (χ1) is 6.42. The number of oxazole rings is 1. The molecular weight excluding hydrogens is 201 g/mol. The Hall–Kier alpha value is -1.55. The van der Waals surface area contributed by atoms with E-state index in [0.29, 0.717) is 0 Å². The van der Waals surface area contributed by atoms with Crippen molar-refractivity contribution in [1.29, 1.82) is 5.26 Å². The molecule has 0 aromatic carbocycles. The fourth-order valence-electron chi connectivity index (χ4n) is 0.839. The van der Waals surface area contributed by atoms with E-state index in [0.717, 1.165) is 12.5 Å². The summed E-state index contributed by atoms with van der Waals surface area (Å²) in [4.78, 5) is 3.19. The Morgan fingerprint density at radius 1 is 1.57 bits per heavy atom. The largest absolute Gasteiger partial charge is 0.446 e. The highest BCUT2D eigenvalue weighted by molar-refractivity contribution is 5.06. The van der Waals surface area contributed by atoms with Crippen molar-refractivity contribution in [2.24, 2.45) is 0 Å². The molecule has 1 atom stereocenters. The molecule has 1 aromatic rings. The van der Waals surface area contributed by atoms with Crippen LogP contribution in [0.4, 0.5) is 13.2 Å². The molecule has 1 N–H and O–H groups in total. The molecule has 76 valence electrons. The van der Waals surface area contributed by atoms with E-state index < -0.39 is 24.1 Å². The third kappa shape index (κ3) is 1.56. The molecule has 7 heteroatoms. The third-order valence-corrected chi connectivity index (χ3v) is 1.59. The lowest BCUT2D eigenvalue weighted by atomic mass is 10.00. The first-order valence-corrected chi connectivity index (χ1v) is 3.48. The van der Waals surface area contributed by atoms with Gasteiger partial charge in [-0.05, 0) is 0 Å². The summed E-state index contributed by atoms with van der Waals surface area (Å²) in [6, 6.07) is 1.23. The molecule has 0 aliphatic carbocycles. The Morgan fingerprint density at radius 3 is 2.57 bits per heavy atom. The van der Waals surface area contributed by atoms with Crippen LogP contribution in [0, 0.1) is 11.3 Å². The molecule has 0 aliphatic rings. The number of aromatic nitrogens is 1. The van der Waals surface area contributed by atoms with Crippen molar-refractivity contribution < 1.29 is 22.7 Å². The van der Waals surface area contributed by atoms with Crippen LogP contribution in [0.15, 0.2) is 16.9 Å². The van der Waals surface area contributed by atoms with Crippen LogP contribution in [0.2, 0.25) is 0 Å². The molecule has 1 unspecified atom stereocenters. The second kappa shape index (κ2) is 3.31. The van der Waals surface area contributed by atoms with Gasteiger partial charge in [0.05, 0.1) is 18.7 Å². The molecule has 0 saturated heterocycles. The zero-order valence-electron chi connectivity index (χ0n) is 6.75. The highest BCUT2D eigenvalue weighted by atomic mass is 19.4. The highest BCUT2D eigenvalue weighted by Crippen LogP contribution is 2.40. The van der Waals surface area contributed by atoms with Gasteiger partial charge in [-0.1, -0.05) is 0 Å². The van der Waals surface area contributed by atoms with Gasteiger partial charge in [0.2, 0.25) is 11.5 Å². The summed E-state index contributed by atoms with van der Waals surface area (Å²) in [5.41, 5.74) is -3.33. The summed E-state index contributed by atoms with van der Waals surface area (Å²) in [7, 11) is 0. The molecule has 0 aliphatic heterocycles. The first-order valence-electron chi connectivity index (χ1n) is 3.48. The van der Waals surface area contributed by atoms with Gasteiger partial charge in [0.25, 0.3) is 0 Å². The van der Waals surface area contributed by atoms with E-state index >= 15 is 0 Å². The number of nitrogens with zero attached hydrogens (tertiary/aromatic N) is 2. The molecule has 4 nitrogen and oxygen atoms in total. The fraction of sp³-hybridized carbons (Fsp3) is 0.429. The predicted molar refractivity (Wildman–Crippen MR) is 36.7 cm³/mol. The molecule has 0 bridgehead atoms. The Labute approximate surface area is 76.6 Å². The van der Waals surface area contributed by atoms with Crippen LogP contribution < -0.4 is 0 Å². The number of halogens is 3. The van der Waals surface area contributed by atoms with Crippen molar-refractivity contribution in [3.63, 3.8) is 0 Å². The summed E-state index contributed by atoms with van der Waals surface area (Å²) in [6.45, 7) is 0. The Kier molecular flexibility index (Phi) is 2.49. The van der Waals surface area contributed by atoms with E-state index in [1.807, 2.05) is 0 Å². The van der Waals surface area contributed by atoms with Crippen LogP contribution >= 0.6 is 0 Å². The second-order valence-corrected chi connectivity index (χ2v) is 2.53. The molecule has 1 rings (SSSR count). The number of hydrogen-bond acceptors (Lipinski definition) is 4. The van der Waals surface area contributed by atoms with E-state index in [2.05, 4.69) is 9.40 Å². The lowest BCUT2D eigenvalue weighted by Crippen LogP contribution is -2.42. The molecule has 0 amide bonds. The maximum absolute atomic E-state index is 12.4. The summed E-state index contributed by atoms with van der Waals surface area (Å²) in [6.07, 6.45) is -4.29. The minimum atomic E-state index is -4.99. The van der Waals surface area contributed by atoms with E-state index in [4.69, 9.17) is 5.26 Å². The summed E-state index contributed by atoms with van der Waals surface area (Å²) >= 11 is 0. The topological polar surface area (TPSA) is 70.0 Å². The zero-order valence-corrected chi connectivity index (χ0v) is 6.75. The SMILES string of the molecule is N#CCC(O)(c1ncco1)C(F)(F)F. The van der Waals surface area contributed by atoms with Crippen molar-refractivity contribution in [3.8, 4) is 6.07 Å². The van der Waals surface area contributed by atoms with Crippen LogP contribution in [-0.4, -0.2) is 16.3 Å². The summed E-state index contributed by atoms with van der Waals surface area (Å²) < 4.78 is 41.4. The number of alkyl halides is 3. The van der Waals surface area contributed by atoms with Crippen LogP contribution in [0.25, 0.3) is 0 Å². The van der Waals surface area contributed by atoms with E-state index in [9.17, 15) is 18.3 Å². The number of rotatable bonds is 2. The second-order valence-electron chi connectivity index (χ2n) is 2.53. The molecule has 1 heterocycles. The molecule has 1 aromatic heterocycles. The molecule has 0 saturated carbocycles. The smallest absolute Gasteiger partial charge is 0.427 e. The third-order valence-electron chi connectivity index (χ3n) is 1.59. The highest BCUT2D eigenvalue weighted by Gasteiger charge is 2.58. The van der Waals surface area contributed by atoms with E-state index in [1.54, 1.807) is 0 Å². The quantitative estimate of drug-likeness (QED) is 0.792. The van der Waals surface area contributed by atoms with Gasteiger partial charge < -0.3 is 9.52 Å². The van der Waals surface area contributed by atoms with Crippen molar-refractivity contribution in [2.45, 2.75) is 18.2 Å². The van der Waals surface area contributed by atoms with Crippen LogP contribution in [0.5, 0.6) is 0 Å². The Morgan fingerprint density at radius 2 is 2.21 bits per heavy atom. The van der Waals surface area contributed by atoms with Gasteiger partial charge in [-0.25, -0.2) is 4.98 Å². The predicted octanol–water partition coefficient (Wildman–Crippen LogP) is 1.34. The van der Waals surface area contributed by atoms with Gasteiger partial charge in [-0.15, -0.1) is 0 Å². The molecule has 0 radical (unpaired) electrons. The van der Waals surface area contributed by atoms with Crippen molar-refractivity contribution in [3.05, 3.63) is 18.4 Å². The lowest BCUT2D eigenvalue weighted by molar-refractivity contribution is -0.272. The molecule has 0 fully saturated rings. The summed E-state index contributed by atoms with van der Waals surface area (Å²) in [5, 5.41) is 17.4. The maximum Gasteiger partial charge on any atom is 0.427 e. The van der Waals surface area contributed by atoms with Gasteiger partial charge in [0.1, 0.15) is 6.26 Å². The molecule has 14 heavy (non-hydrogen) atoms. The minimum Gasteiger partial charge on any atom is -0.446 e. The fourth-order valence-corrected chi connectivity index (χ4v) is 0.839. The standard InChI is InChI=1S/C7H5F3N2O2/c8-7(9,10)6(13,1-2-11)5-12-3-4-14-5/h3-4,13H,1H2. The number of aliphatic hydroxyl groups is 1. The maximum atomic E-state index is 12.4. The van der Waals surface area contributed by atoms with Gasteiger partial charge in [0.15, 0.2) is 0 Å². The van der Waals surface area contributed by atoms with Gasteiger partial charge in [-0.3, -0.25) is 0 Å². The average molecular weight is 206 g/mol. The van der Waals surface area contributed by atoms with Crippen molar-refractivity contribution >= 4 is 0 Å². The van der Waals surface area contributed by atoms with Crippen LogP contribution in [-0.2, 0) is 5.60 Å². The van der Waals surface area contributed by atoms with Gasteiger partial charge >= 0.3 is 6.18 Å². The van der Waals surface area contributed by atoms with Crippen LogP contribution in [0.3, 0.4) is 0 Å². The van der Waals surface area contributed by atoms with Gasteiger partial charge in [0, 0.05) is 0 Å². The summed E-state index contributed by atoms with van der Waals surface area (Å²) in [5.74, 6) is -0.924. The monoisotopic (exact) mass is 206 g/mol. The normalized spacial score (nSPS) is 15.9. The van der Waals surface area contributed by atoms with E-state index in [-0.39, 0.29) is 0 Å². The van der Waals surface area contributed by atoms with E-state index in [1.165, 1.54) is 6.07 Å².